The molecule has 2 saturated heterocycles. The number of rotatable bonds is 28. The summed E-state index contributed by atoms with van der Waals surface area (Å²) < 4.78 is 60.1. The molecule has 24 N–H and O–H groups in total. The lowest BCUT2D eigenvalue weighted by Crippen LogP contribution is -2.65. The second-order valence-electron chi connectivity index (χ2n) is 19.0. The zero-order chi connectivity index (χ0) is 63.0. The van der Waals surface area contributed by atoms with E-state index in [0.29, 0.717) is 6.42 Å². The number of imidazole rings is 1. The van der Waals surface area contributed by atoms with Crippen molar-refractivity contribution < 1.29 is 116 Å². The van der Waals surface area contributed by atoms with Crippen LogP contribution in [0.15, 0.2) is 12.5 Å². The number of aromatic nitrogens is 4. The Balaban J connectivity index is 0.00000345. The van der Waals surface area contributed by atoms with Crippen molar-refractivity contribution in [2.24, 2.45) is 17.4 Å². The molecule has 83 heavy (non-hydrogen) atoms. The van der Waals surface area contributed by atoms with Crippen molar-refractivity contribution in [2.45, 2.75) is 157 Å². The summed E-state index contributed by atoms with van der Waals surface area (Å²) in [6.45, 7) is 4.61. The summed E-state index contributed by atoms with van der Waals surface area (Å²) in [5.41, 5.74) is 16.2. The third-order valence-electron chi connectivity index (χ3n) is 12.6. The van der Waals surface area contributed by atoms with E-state index in [-0.39, 0.29) is 23.6 Å². The number of nitrogens with two attached hydrogens (primary N) is 3. The first-order chi connectivity index (χ1) is 38.7. The predicted molar refractivity (Wildman–Crippen MR) is 272 cm³/mol. The molecule has 0 radical (unpaired) electrons. The Morgan fingerprint density at radius 3 is 2.00 bits per heavy atom. The molecule has 0 bridgehead atoms. The number of primary amides is 1. The Morgan fingerprint density at radius 2 is 1.47 bits per heavy atom. The lowest BCUT2D eigenvalue weighted by atomic mass is 9.96. The number of carbonyl (C=O) groups excluding carboxylic acids is 5. The molecule has 39 heteroatoms. The van der Waals surface area contributed by atoms with Crippen LogP contribution in [-0.2, 0) is 48.5 Å². The minimum atomic E-state index is -4.67. The maximum absolute atomic E-state index is 14.9. The van der Waals surface area contributed by atoms with Gasteiger partial charge in [-0.25, -0.2) is 19.7 Å². The molecule has 5 amide bonds. The van der Waals surface area contributed by atoms with Gasteiger partial charge in [-0.3, -0.25) is 28.3 Å². The average molecular weight is 1210 g/mol. The van der Waals surface area contributed by atoms with Crippen molar-refractivity contribution in [1.29, 1.82) is 10.8 Å². The number of amides is 5. The number of ether oxygens (including phenoxy) is 5. The van der Waals surface area contributed by atoms with Crippen molar-refractivity contribution in [3.05, 3.63) is 35.3 Å². The van der Waals surface area contributed by atoms with Gasteiger partial charge in [-0.2, -0.15) is 8.42 Å². The van der Waals surface area contributed by atoms with Crippen LogP contribution in [0.1, 0.15) is 80.3 Å². The zero-order valence-electron chi connectivity index (χ0n) is 45.0. The fraction of sp³-hybridized carbons (Fsp3) is 0.682. The van der Waals surface area contributed by atoms with Gasteiger partial charge in [-0.15, -0.1) is 0 Å². The molecule has 2 aliphatic rings. The number of H-pyrrole nitrogens is 1. The first-order valence-corrected chi connectivity index (χ1v) is 26.4. The van der Waals surface area contributed by atoms with Crippen molar-refractivity contribution in [3.63, 3.8) is 0 Å². The van der Waals surface area contributed by atoms with E-state index in [4.69, 9.17) is 69.2 Å². The van der Waals surface area contributed by atoms with E-state index in [2.05, 4.69) is 46.5 Å². The molecule has 38 nitrogen and oxygen atoms in total. The molecule has 19 atom stereocenters. The Labute approximate surface area is 472 Å². The van der Waals surface area contributed by atoms with E-state index in [1.807, 2.05) is 0 Å². The van der Waals surface area contributed by atoms with E-state index < -0.39 is 205 Å². The van der Waals surface area contributed by atoms with Crippen molar-refractivity contribution in [1.82, 2.24) is 46.5 Å². The largest absolute Gasteiger partial charge is 0.862 e. The van der Waals surface area contributed by atoms with Crippen LogP contribution < -0.4 is 54.0 Å². The third-order valence-corrected chi connectivity index (χ3v) is 12.6. The molecule has 2 fully saturated rings. The first kappa shape index (κ1) is 70.8. The minimum Gasteiger partial charge on any atom is -0.862 e. The Hall–Kier alpha value is -6.51. The number of nitrogens with one attached hydrogen (secondary N) is 8. The summed E-state index contributed by atoms with van der Waals surface area (Å²) in [7, 11) is -4.67. The highest BCUT2D eigenvalue weighted by molar-refractivity contribution is 7.79. The minimum absolute atomic E-state index is 0.131. The molecule has 0 unspecified atom stereocenters. The average Bonchev–Trinajstić information content (AvgIpc) is 3.57. The number of hydrogen-bond donors (Lipinski definition) is 21. The van der Waals surface area contributed by atoms with E-state index in [1.165, 1.54) is 27.7 Å². The number of aliphatic hydroxyl groups excluding tert-OH is 8. The number of nitrogens with zero attached hydrogens (tertiary/aromatic N) is 3. The molecular weight excluding hydrogens is 1140 g/mol. The van der Waals surface area contributed by atoms with Gasteiger partial charge in [0.2, 0.25) is 17.7 Å². The molecule has 2 aromatic rings. The first-order valence-electron chi connectivity index (χ1n) is 25.1. The molecule has 2 aliphatic heterocycles. The highest BCUT2D eigenvalue weighted by atomic mass is 32.3. The molecule has 0 aromatic carbocycles. The SMILES string of the molecule is CCCNC(=O)[C@H](NC(=O)[C@@H](C)[C@H](O)[C@@H](C)NC(=O)[C@H](NC(=O)c1nc([C@H](CC(=N)[O-])NC[C@H](N)C(=N)[O-])nc(N)c1C)[C@@H](O[C@@H]1O[C@@H](CO)[C@@H](O)[C@H](O)[C@@H]1O[C@@H]1O[C@H](CO)[C@@H](O)[C@@H](OC(N)=O)[C@@H]1O)c1cnc[nH]1)[C@@H](C)O.O=S(=O)(O)O. The molecular formula is C44H72N14O24S-2. The number of anilines is 1. The van der Waals surface area contributed by atoms with Crippen molar-refractivity contribution in [3.8, 4) is 0 Å². The second kappa shape index (κ2) is 32.0. The van der Waals surface area contributed by atoms with Gasteiger partial charge in [-0.05, 0) is 45.4 Å². The van der Waals surface area contributed by atoms with Gasteiger partial charge in [0, 0.05) is 24.7 Å². The number of carbonyl (C=O) groups is 5. The van der Waals surface area contributed by atoms with Crippen LogP contribution in [0, 0.1) is 23.7 Å². The smallest absolute Gasteiger partial charge is 0.404 e. The normalized spacial score (nSPS) is 25.9. The topological polar surface area (TPSA) is 654 Å². The van der Waals surface area contributed by atoms with Crippen LogP contribution in [0.3, 0.4) is 0 Å². The van der Waals surface area contributed by atoms with Gasteiger partial charge in [0.1, 0.15) is 78.3 Å². The lowest BCUT2D eigenvalue weighted by molar-refractivity contribution is -0.372. The molecule has 2 aromatic heterocycles. The summed E-state index contributed by atoms with van der Waals surface area (Å²) in [6, 6.07) is -7.82. The van der Waals surface area contributed by atoms with Crippen LogP contribution in [0.2, 0.25) is 0 Å². The molecule has 4 heterocycles. The molecule has 470 valence electrons. The van der Waals surface area contributed by atoms with Crippen molar-refractivity contribution >= 4 is 57.7 Å². The van der Waals surface area contributed by atoms with Crippen LogP contribution in [-0.4, -0.2) is 244 Å². The Morgan fingerprint density at radius 1 is 0.867 bits per heavy atom. The number of nitrogen functional groups attached to an aromatic ring is 1. The summed E-state index contributed by atoms with van der Waals surface area (Å²) in [5, 5.41) is 138. The maximum Gasteiger partial charge on any atom is 0.404 e. The lowest BCUT2D eigenvalue weighted by Gasteiger charge is -2.47. The van der Waals surface area contributed by atoms with Crippen LogP contribution in [0.4, 0.5) is 10.6 Å². The van der Waals surface area contributed by atoms with Crippen LogP contribution in [0.25, 0.3) is 0 Å². The third kappa shape index (κ3) is 20.4. The Kier molecular flexibility index (Phi) is 27.2. The second-order valence-corrected chi connectivity index (χ2v) is 19.9. The van der Waals surface area contributed by atoms with E-state index in [9.17, 15) is 75.0 Å². The van der Waals surface area contributed by atoms with E-state index >= 15 is 0 Å². The van der Waals surface area contributed by atoms with Gasteiger partial charge in [0.05, 0.1) is 61.6 Å². The molecule has 4 rings (SSSR count). The van der Waals surface area contributed by atoms with Gasteiger partial charge in [0.15, 0.2) is 18.7 Å². The summed E-state index contributed by atoms with van der Waals surface area (Å²) >= 11 is 0. The highest BCUT2D eigenvalue weighted by Crippen LogP contribution is 2.34. The maximum atomic E-state index is 14.9. The summed E-state index contributed by atoms with van der Waals surface area (Å²) in [6.07, 6.45) is -24.5. The highest BCUT2D eigenvalue weighted by Gasteiger charge is 2.53. The monoisotopic (exact) mass is 1210 g/mol. The van der Waals surface area contributed by atoms with Crippen LogP contribution >= 0.6 is 0 Å². The fourth-order valence-electron chi connectivity index (χ4n) is 8.06. The number of aromatic amines is 1. The number of hydrogen-bond acceptors (Lipinski definition) is 30. The molecule has 0 saturated carbocycles. The fourth-order valence-corrected chi connectivity index (χ4v) is 8.06. The van der Waals surface area contributed by atoms with E-state index in [1.54, 1.807) is 6.92 Å². The van der Waals surface area contributed by atoms with Gasteiger partial charge < -0.3 is 134 Å². The summed E-state index contributed by atoms with van der Waals surface area (Å²) in [5.74, 6) is -8.73. The van der Waals surface area contributed by atoms with E-state index in [0.717, 1.165) is 12.5 Å². The van der Waals surface area contributed by atoms with Gasteiger partial charge in [-0.1, -0.05) is 13.8 Å². The number of aliphatic hydroxyl groups is 8. The molecule has 0 spiro atoms. The zero-order valence-corrected chi connectivity index (χ0v) is 45.9. The predicted octanol–water partition coefficient (Wildman–Crippen LogP) is -10.1. The van der Waals surface area contributed by atoms with Gasteiger partial charge in [0.25, 0.3) is 5.91 Å². The quantitative estimate of drug-likeness (QED) is 0.0214. The van der Waals surface area contributed by atoms with Gasteiger partial charge >= 0.3 is 16.5 Å². The summed E-state index contributed by atoms with van der Waals surface area (Å²) in [4.78, 5) is 82.8. The van der Waals surface area contributed by atoms with Crippen molar-refractivity contribution in [2.75, 3.05) is 32.0 Å². The standard InChI is InChI=1S/C44H72N14O20.H2O4S/c1-6-7-51-39(70)25(17(5)61)56-38(69)15(3)27(63)16(4)54-41(72)26(57-40(71)24-14(2)35(47)58-37(55-24)19(8-23(46)62)52-9-18(45)36(48)68)32(20-10-50-13-53-20)76-43-34(30(66)28(64)21(11-59)75-43)77-42-31(67)33(78-44(49)73)29(65)22(12-60)74-42;1-5(2,3)4/h10,13,15-19,21-22,25-34,42-43,52,59-61,63-67H,6-9,11-12,45H2,1-5H3,(H2,46,62)(H2,48,68)(H2,49,73)(H,50,53)(H,51,70)(H,54,72)(H,56,69)(H,57,71)(H2,47,55,58);(H2,1,2,3,4)/p-2/t15-,16+,17+,18-,19-,21-,22+,25+,26+,27-,28+,29+,30-,31-,32-,33+,34-,42-,43-;/m0./s1. The molecule has 0 aliphatic carbocycles. The Bertz CT molecular complexity index is 2600. The van der Waals surface area contributed by atoms with Crippen LogP contribution in [0.5, 0.6) is 0 Å².